The zero-order chi connectivity index (χ0) is 18.1. The fourth-order valence-corrected chi connectivity index (χ4v) is 4.22. The first-order chi connectivity index (χ1) is 12.5. The number of rotatable bonds is 4. The van der Waals surface area contributed by atoms with Crippen molar-refractivity contribution in [2.45, 2.75) is 32.4 Å². The summed E-state index contributed by atoms with van der Waals surface area (Å²) in [5.41, 5.74) is 0.551. The Morgan fingerprint density at radius 1 is 1.23 bits per heavy atom. The number of nitrogens with zero attached hydrogens (tertiary/aromatic N) is 5. The predicted molar refractivity (Wildman–Crippen MR) is 103 cm³/mol. The molecule has 8 heteroatoms. The zero-order valence-corrected chi connectivity index (χ0v) is 15.7. The number of fused-ring (bicyclic) bond motifs is 1. The van der Waals surface area contributed by atoms with Gasteiger partial charge < -0.3 is 10.2 Å². The van der Waals surface area contributed by atoms with Crippen molar-refractivity contribution in [1.29, 1.82) is 0 Å². The minimum Gasteiger partial charge on any atom is -0.367 e. The van der Waals surface area contributed by atoms with Gasteiger partial charge in [0.15, 0.2) is 5.13 Å². The number of nitrogens with one attached hydrogen (secondary N) is 1. The molecule has 4 heterocycles. The highest BCUT2D eigenvalue weighted by Gasteiger charge is 2.35. The fraction of sp³-hybridized carbons (Fsp3) is 0.444. The van der Waals surface area contributed by atoms with Crippen molar-refractivity contribution in [3.8, 4) is 0 Å². The maximum atomic E-state index is 15.2. The van der Waals surface area contributed by atoms with Gasteiger partial charge in [0.2, 0.25) is 0 Å². The Morgan fingerprint density at radius 2 is 2.04 bits per heavy atom. The second-order valence-corrected chi connectivity index (χ2v) is 7.78. The van der Waals surface area contributed by atoms with Gasteiger partial charge in [-0.25, -0.2) is 19.3 Å². The average molecular weight is 372 g/mol. The van der Waals surface area contributed by atoms with Crippen LogP contribution in [0.3, 0.4) is 0 Å². The highest BCUT2D eigenvalue weighted by Crippen LogP contribution is 2.33. The Kier molecular flexibility index (Phi) is 4.44. The number of alkyl halides is 1. The number of hydrogen-bond acceptors (Lipinski definition) is 7. The number of pyridine rings is 1. The first kappa shape index (κ1) is 17.1. The molecule has 0 bridgehead atoms. The van der Waals surface area contributed by atoms with E-state index in [-0.39, 0.29) is 6.54 Å². The summed E-state index contributed by atoms with van der Waals surface area (Å²) in [4.78, 5) is 19.5. The number of aromatic nitrogens is 4. The summed E-state index contributed by atoms with van der Waals surface area (Å²) in [5.74, 6) is 1.38. The standard InChI is InChI=1S/C18H21FN6S/c1-12-9-16(23-13(2)22-12)21-11-18(19)4-7-25(8-5-18)17-24-14-10-20-6-3-15(14)26-17/h3,6,9-10H,4-5,7-8,11H2,1-2H3,(H,21,22,23). The van der Waals surface area contributed by atoms with Crippen molar-refractivity contribution in [2.24, 2.45) is 0 Å². The summed E-state index contributed by atoms with van der Waals surface area (Å²) in [7, 11) is 0. The molecule has 1 N–H and O–H groups in total. The Balaban J connectivity index is 1.38. The van der Waals surface area contributed by atoms with Crippen LogP contribution in [-0.2, 0) is 0 Å². The molecule has 1 aliphatic rings. The van der Waals surface area contributed by atoms with Gasteiger partial charge in [0.25, 0.3) is 0 Å². The molecule has 1 saturated heterocycles. The van der Waals surface area contributed by atoms with Crippen molar-refractivity contribution in [1.82, 2.24) is 19.9 Å². The average Bonchev–Trinajstić information content (AvgIpc) is 3.04. The number of anilines is 2. The maximum Gasteiger partial charge on any atom is 0.186 e. The third kappa shape index (κ3) is 3.60. The minimum atomic E-state index is -1.23. The molecule has 6 nitrogen and oxygen atoms in total. The monoisotopic (exact) mass is 372 g/mol. The molecular weight excluding hydrogens is 351 g/mol. The van der Waals surface area contributed by atoms with Crippen LogP contribution >= 0.6 is 11.3 Å². The molecule has 0 aliphatic carbocycles. The number of piperidine rings is 1. The summed E-state index contributed by atoms with van der Waals surface area (Å²) in [6.45, 7) is 5.34. The zero-order valence-electron chi connectivity index (χ0n) is 14.9. The molecule has 3 aromatic rings. The van der Waals surface area contributed by atoms with E-state index >= 15 is 4.39 Å². The largest absolute Gasteiger partial charge is 0.367 e. The highest BCUT2D eigenvalue weighted by molar-refractivity contribution is 7.22. The van der Waals surface area contributed by atoms with E-state index in [1.165, 1.54) is 0 Å². The van der Waals surface area contributed by atoms with Gasteiger partial charge in [-0.1, -0.05) is 11.3 Å². The van der Waals surface area contributed by atoms with Gasteiger partial charge in [-0.2, -0.15) is 0 Å². The maximum absolute atomic E-state index is 15.2. The number of thiazole rings is 1. The number of halogens is 1. The van der Waals surface area contributed by atoms with Gasteiger partial charge in [-0.15, -0.1) is 0 Å². The third-order valence-corrected chi connectivity index (χ3v) is 5.76. The molecule has 3 aromatic heterocycles. The van der Waals surface area contributed by atoms with E-state index in [9.17, 15) is 0 Å². The van der Waals surface area contributed by atoms with Crippen LogP contribution in [0.5, 0.6) is 0 Å². The van der Waals surface area contributed by atoms with Crippen molar-refractivity contribution < 1.29 is 4.39 Å². The Morgan fingerprint density at radius 3 is 2.77 bits per heavy atom. The molecule has 0 spiro atoms. The third-order valence-electron chi connectivity index (χ3n) is 4.66. The van der Waals surface area contributed by atoms with Gasteiger partial charge in [-0.05, 0) is 19.9 Å². The fourth-order valence-electron chi connectivity index (χ4n) is 3.24. The SMILES string of the molecule is Cc1cc(NCC2(F)CCN(c3nc4cnccc4s3)CC2)nc(C)n1. The van der Waals surface area contributed by atoms with E-state index in [0.717, 1.165) is 21.0 Å². The van der Waals surface area contributed by atoms with Crippen LogP contribution in [0.2, 0.25) is 0 Å². The molecule has 1 fully saturated rings. The summed E-state index contributed by atoms with van der Waals surface area (Å²) in [6, 6.07) is 3.82. The Hall–Kier alpha value is -2.35. The summed E-state index contributed by atoms with van der Waals surface area (Å²) >= 11 is 1.64. The summed E-state index contributed by atoms with van der Waals surface area (Å²) in [6.07, 6.45) is 4.48. The number of hydrogen-bond donors (Lipinski definition) is 1. The van der Waals surface area contributed by atoms with Gasteiger partial charge in [0, 0.05) is 43.9 Å². The molecule has 0 saturated carbocycles. The lowest BCUT2D eigenvalue weighted by Gasteiger charge is -2.36. The van der Waals surface area contributed by atoms with Crippen LogP contribution in [0.4, 0.5) is 15.3 Å². The van der Waals surface area contributed by atoms with E-state index in [1.807, 2.05) is 26.0 Å². The number of aryl methyl sites for hydroxylation is 2. The first-order valence-electron chi connectivity index (χ1n) is 8.71. The molecule has 4 rings (SSSR count). The van der Waals surface area contributed by atoms with Crippen LogP contribution in [-0.4, -0.2) is 45.2 Å². The van der Waals surface area contributed by atoms with Crippen LogP contribution in [0.25, 0.3) is 10.2 Å². The van der Waals surface area contributed by atoms with Crippen molar-refractivity contribution in [3.05, 3.63) is 36.0 Å². The van der Waals surface area contributed by atoms with Crippen molar-refractivity contribution >= 4 is 32.5 Å². The quantitative estimate of drug-likeness (QED) is 0.756. The Labute approximate surface area is 155 Å². The van der Waals surface area contributed by atoms with Crippen LogP contribution in [0.15, 0.2) is 24.5 Å². The lowest BCUT2D eigenvalue weighted by atomic mass is 9.93. The van der Waals surface area contributed by atoms with Gasteiger partial charge in [-0.3, -0.25) is 4.98 Å². The van der Waals surface area contributed by atoms with E-state index in [1.54, 1.807) is 23.7 Å². The smallest absolute Gasteiger partial charge is 0.186 e. The van der Waals surface area contributed by atoms with E-state index in [2.05, 4.69) is 30.2 Å². The molecule has 0 unspecified atom stereocenters. The molecule has 0 amide bonds. The van der Waals surface area contributed by atoms with E-state index in [4.69, 9.17) is 0 Å². The van der Waals surface area contributed by atoms with E-state index < -0.39 is 5.67 Å². The molecule has 0 aromatic carbocycles. The van der Waals surface area contributed by atoms with Gasteiger partial charge in [0.1, 0.15) is 22.8 Å². The second kappa shape index (κ2) is 6.75. The van der Waals surface area contributed by atoms with E-state index in [0.29, 0.717) is 37.6 Å². The molecule has 0 radical (unpaired) electrons. The van der Waals surface area contributed by atoms with Gasteiger partial charge in [0.05, 0.1) is 17.4 Å². The highest BCUT2D eigenvalue weighted by atomic mass is 32.1. The van der Waals surface area contributed by atoms with Crippen LogP contribution in [0, 0.1) is 13.8 Å². The van der Waals surface area contributed by atoms with Crippen molar-refractivity contribution in [3.63, 3.8) is 0 Å². The topological polar surface area (TPSA) is 66.8 Å². The molecule has 136 valence electrons. The lowest BCUT2D eigenvalue weighted by molar-refractivity contribution is 0.140. The van der Waals surface area contributed by atoms with Crippen LogP contribution in [0.1, 0.15) is 24.4 Å². The molecular formula is C18H21FN6S. The molecule has 0 atom stereocenters. The van der Waals surface area contributed by atoms with Crippen LogP contribution < -0.4 is 10.2 Å². The first-order valence-corrected chi connectivity index (χ1v) is 9.53. The summed E-state index contributed by atoms with van der Waals surface area (Å²) < 4.78 is 16.3. The Bertz CT molecular complexity index is 866. The van der Waals surface area contributed by atoms with Crippen molar-refractivity contribution in [2.75, 3.05) is 29.9 Å². The predicted octanol–water partition coefficient (Wildman–Crippen LogP) is 3.52. The molecule has 1 aliphatic heterocycles. The lowest BCUT2D eigenvalue weighted by Crippen LogP contribution is -2.45. The molecule has 26 heavy (non-hydrogen) atoms. The summed E-state index contributed by atoms with van der Waals surface area (Å²) in [5, 5.41) is 4.10. The van der Waals surface area contributed by atoms with Gasteiger partial charge >= 0.3 is 0 Å². The minimum absolute atomic E-state index is 0.264. The second-order valence-electron chi connectivity index (χ2n) is 6.77. The normalized spacial score (nSPS) is 16.8.